The highest BCUT2D eigenvalue weighted by Gasteiger charge is 2.33. The number of nitriles is 1. The summed E-state index contributed by atoms with van der Waals surface area (Å²) in [6.07, 6.45) is 4.70. The average Bonchev–Trinajstić information content (AvgIpc) is 3.13. The highest BCUT2D eigenvalue weighted by atomic mass is 15.2. The molecule has 4 nitrogen and oxygen atoms in total. The summed E-state index contributed by atoms with van der Waals surface area (Å²) in [5.74, 6) is 0. The Kier molecular flexibility index (Phi) is 5.42. The van der Waals surface area contributed by atoms with Gasteiger partial charge in [0.1, 0.15) is 5.54 Å². The van der Waals surface area contributed by atoms with Crippen LogP contribution < -0.4 is 5.32 Å². The van der Waals surface area contributed by atoms with Crippen LogP contribution >= 0.6 is 0 Å². The van der Waals surface area contributed by atoms with Gasteiger partial charge in [0.15, 0.2) is 0 Å². The average molecular weight is 278 g/mol. The summed E-state index contributed by atoms with van der Waals surface area (Å²) in [5.41, 5.74) is -0.339. The Bertz CT molecular complexity index is 343. The Labute approximate surface area is 124 Å². The van der Waals surface area contributed by atoms with Gasteiger partial charge in [-0.15, -0.1) is 0 Å². The first-order valence-corrected chi connectivity index (χ1v) is 8.25. The van der Waals surface area contributed by atoms with Gasteiger partial charge in [-0.05, 0) is 52.2 Å². The molecule has 2 fully saturated rings. The minimum Gasteiger partial charge on any atom is -0.302 e. The molecular weight excluding hydrogens is 248 g/mol. The van der Waals surface area contributed by atoms with Gasteiger partial charge in [0.2, 0.25) is 0 Å². The zero-order valence-electron chi connectivity index (χ0n) is 13.4. The van der Waals surface area contributed by atoms with E-state index in [1.165, 1.54) is 32.4 Å². The second kappa shape index (κ2) is 6.89. The number of nitrogens with one attached hydrogen (secondary N) is 1. The van der Waals surface area contributed by atoms with Crippen molar-refractivity contribution < 1.29 is 0 Å². The second-order valence-corrected chi connectivity index (χ2v) is 6.58. The van der Waals surface area contributed by atoms with Crippen LogP contribution in [0.2, 0.25) is 0 Å². The van der Waals surface area contributed by atoms with Gasteiger partial charge in [-0.25, -0.2) is 0 Å². The Hall–Kier alpha value is -0.630. The van der Waals surface area contributed by atoms with Crippen LogP contribution in [-0.2, 0) is 0 Å². The zero-order valence-corrected chi connectivity index (χ0v) is 13.4. The third-order valence-electron chi connectivity index (χ3n) is 4.85. The van der Waals surface area contributed by atoms with Crippen LogP contribution in [0.25, 0.3) is 0 Å². The number of rotatable bonds is 8. The van der Waals surface area contributed by atoms with Crippen molar-refractivity contribution in [2.45, 2.75) is 64.1 Å². The number of hydrogen-bond donors (Lipinski definition) is 1. The van der Waals surface area contributed by atoms with Crippen LogP contribution in [0.3, 0.4) is 0 Å². The highest BCUT2D eigenvalue weighted by molar-refractivity contribution is 5.07. The molecular formula is C16H30N4. The Balaban J connectivity index is 1.75. The maximum absolute atomic E-state index is 9.41. The van der Waals surface area contributed by atoms with Crippen molar-refractivity contribution in [2.24, 2.45) is 0 Å². The van der Waals surface area contributed by atoms with Gasteiger partial charge >= 0.3 is 0 Å². The van der Waals surface area contributed by atoms with Crippen molar-refractivity contribution in [2.75, 3.05) is 32.7 Å². The van der Waals surface area contributed by atoms with E-state index in [2.05, 4.69) is 42.0 Å². The quantitative estimate of drug-likeness (QED) is 0.735. The van der Waals surface area contributed by atoms with Gasteiger partial charge in [-0.3, -0.25) is 10.2 Å². The maximum Gasteiger partial charge on any atom is 0.105 e. The maximum atomic E-state index is 9.41. The van der Waals surface area contributed by atoms with Gasteiger partial charge in [0, 0.05) is 25.2 Å². The summed E-state index contributed by atoms with van der Waals surface area (Å²) in [5, 5.41) is 12.9. The van der Waals surface area contributed by atoms with Gasteiger partial charge in [0.25, 0.3) is 0 Å². The fraction of sp³-hybridized carbons (Fsp3) is 0.938. The molecule has 1 aliphatic heterocycles. The van der Waals surface area contributed by atoms with Gasteiger partial charge in [-0.2, -0.15) is 5.26 Å². The van der Waals surface area contributed by atoms with E-state index in [9.17, 15) is 5.26 Å². The predicted molar refractivity (Wildman–Crippen MR) is 82.6 cm³/mol. The molecule has 2 rings (SSSR count). The molecule has 1 saturated heterocycles. The molecule has 0 amide bonds. The number of likely N-dealkylation sites (tertiary alicyclic amines) is 1. The Morgan fingerprint density at radius 2 is 2.00 bits per heavy atom. The molecule has 20 heavy (non-hydrogen) atoms. The first kappa shape index (κ1) is 15.8. The van der Waals surface area contributed by atoms with Crippen molar-refractivity contribution in [1.82, 2.24) is 15.1 Å². The molecule has 1 saturated carbocycles. The molecule has 0 spiro atoms. The molecule has 0 bridgehead atoms. The minimum atomic E-state index is -0.339. The first-order chi connectivity index (χ1) is 9.60. The lowest BCUT2D eigenvalue weighted by atomic mass is 9.99. The van der Waals surface area contributed by atoms with Gasteiger partial charge < -0.3 is 4.90 Å². The molecule has 0 aromatic heterocycles. The largest absolute Gasteiger partial charge is 0.302 e. The van der Waals surface area contributed by atoms with E-state index in [0.29, 0.717) is 6.04 Å². The van der Waals surface area contributed by atoms with E-state index in [-0.39, 0.29) is 5.54 Å². The van der Waals surface area contributed by atoms with Gasteiger partial charge in [0.05, 0.1) is 6.07 Å². The smallest absolute Gasteiger partial charge is 0.105 e. The molecule has 1 N–H and O–H groups in total. The van der Waals surface area contributed by atoms with E-state index < -0.39 is 0 Å². The van der Waals surface area contributed by atoms with Gasteiger partial charge in [-0.1, -0.05) is 13.8 Å². The van der Waals surface area contributed by atoms with Crippen molar-refractivity contribution in [3.8, 4) is 6.07 Å². The van der Waals surface area contributed by atoms with Crippen LogP contribution in [0, 0.1) is 11.3 Å². The molecule has 2 unspecified atom stereocenters. The van der Waals surface area contributed by atoms with Crippen LogP contribution in [-0.4, -0.2) is 60.1 Å². The molecule has 0 radical (unpaired) electrons. The van der Waals surface area contributed by atoms with Crippen LogP contribution in [0.5, 0.6) is 0 Å². The topological polar surface area (TPSA) is 42.3 Å². The fourth-order valence-corrected chi connectivity index (χ4v) is 3.27. The minimum absolute atomic E-state index is 0.339. The van der Waals surface area contributed by atoms with Crippen molar-refractivity contribution >= 4 is 0 Å². The summed E-state index contributed by atoms with van der Waals surface area (Å²) in [6.45, 7) is 12.3. The van der Waals surface area contributed by atoms with E-state index in [4.69, 9.17) is 0 Å². The molecule has 114 valence electrons. The number of likely N-dealkylation sites (N-methyl/N-ethyl adjacent to an activating group) is 1. The summed E-state index contributed by atoms with van der Waals surface area (Å²) in [4.78, 5) is 5.10. The summed E-state index contributed by atoms with van der Waals surface area (Å²) in [6, 6.07) is 3.80. The zero-order chi connectivity index (χ0) is 14.6. The molecule has 2 aliphatic rings. The Morgan fingerprint density at radius 1 is 1.30 bits per heavy atom. The molecule has 0 aromatic rings. The molecule has 0 aromatic carbocycles. The lowest BCUT2D eigenvalue weighted by molar-refractivity contribution is 0.206. The SMILES string of the molecule is CCN(CC)C1CCN(CCC(C)(C#N)NC2CC2)C1. The van der Waals surface area contributed by atoms with E-state index in [1.54, 1.807) is 0 Å². The van der Waals surface area contributed by atoms with Crippen molar-refractivity contribution in [1.29, 1.82) is 5.26 Å². The molecule has 4 heteroatoms. The number of hydrogen-bond acceptors (Lipinski definition) is 4. The predicted octanol–water partition coefficient (Wildman–Crippen LogP) is 1.83. The number of nitrogens with zero attached hydrogens (tertiary/aromatic N) is 3. The third kappa shape index (κ3) is 4.18. The lowest BCUT2D eigenvalue weighted by Crippen LogP contribution is -2.45. The standard InChI is InChI=1S/C16H30N4/c1-4-20(5-2)15-8-10-19(12-15)11-9-16(3,13-17)18-14-6-7-14/h14-15,18H,4-12H2,1-3H3. The van der Waals surface area contributed by atoms with E-state index in [1.807, 2.05) is 0 Å². The normalized spacial score (nSPS) is 26.6. The monoisotopic (exact) mass is 278 g/mol. The van der Waals surface area contributed by atoms with Crippen LogP contribution in [0.1, 0.15) is 46.5 Å². The molecule has 1 aliphatic carbocycles. The van der Waals surface area contributed by atoms with Crippen LogP contribution in [0.4, 0.5) is 0 Å². The van der Waals surface area contributed by atoms with E-state index >= 15 is 0 Å². The summed E-state index contributed by atoms with van der Waals surface area (Å²) < 4.78 is 0. The Morgan fingerprint density at radius 3 is 2.55 bits per heavy atom. The second-order valence-electron chi connectivity index (χ2n) is 6.58. The molecule has 1 heterocycles. The lowest BCUT2D eigenvalue weighted by Gasteiger charge is -2.28. The first-order valence-electron chi connectivity index (χ1n) is 8.25. The fourth-order valence-electron chi connectivity index (χ4n) is 3.27. The third-order valence-corrected chi connectivity index (χ3v) is 4.85. The van der Waals surface area contributed by atoms with Crippen molar-refractivity contribution in [3.63, 3.8) is 0 Å². The van der Waals surface area contributed by atoms with Crippen molar-refractivity contribution in [3.05, 3.63) is 0 Å². The highest BCUT2D eigenvalue weighted by Crippen LogP contribution is 2.24. The summed E-state index contributed by atoms with van der Waals surface area (Å²) in [7, 11) is 0. The summed E-state index contributed by atoms with van der Waals surface area (Å²) >= 11 is 0. The molecule has 2 atom stereocenters. The van der Waals surface area contributed by atoms with Crippen LogP contribution in [0.15, 0.2) is 0 Å². The van der Waals surface area contributed by atoms with E-state index in [0.717, 1.165) is 32.1 Å².